The minimum absolute atomic E-state index is 0.116. The Morgan fingerprint density at radius 1 is 1.45 bits per heavy atom. The lowest BCUT2D eigenvalue weighted by atomic mass is 10.2. The van der Waals surface area contributed by atoms with Gasteiger partial charge >= 0.3 is 5.97 Å². The molecule has 1 atom stereocenters. The third-order valence-corrected chi connectivity index (χ3v) is 3.68. The van der Waals surface area contributed by atoms with Crippen molar-refractivity contribution in [2.45, 2.75) is 26.0 Å². The maximum Gasteiger partial charge on any atom is 0.315 e. The molecular formula is C14H18FNO3S. The van der Waals surface area contributed by atoms with Crippen molar-refractivity contribution in [1.29, 1.82) is 0 Å². The Hall–Kier alpha value is -1.56. The number of amides is 1. The van der Waals surface area contributed by atoms with Gasteiger partial charge in [-0.25, -0.2) is 4.39 Å². The molecular weight excluding hydrogens is 281 g/mol. The van der Waals surface area contributed by atoms with Crippen LogP contribution in [0, 0.1) is 12.7 Å². The van der Waals surface area contributed by atoms with Crippen LogP contribution in [0.4, 0.5) is 10.1 Å². The van der Waals surface area contributed by atoms with Gasteiger partial charge in [0.1, 0.15) is 5.82 Å². The molecule has 0 bridgehead atoms. The fraction of sp³-hybridized carbons (Fsp3) is 0.429. The summed E-state index contributed by atoms with van der Waals surface area (Å²) in [6.07, 6.45) is 0. The molecule has 0 aromatic heterocycles. The Morgan fingerprint density at radius 2 is 2.15 bits per heavy atom. The van der Waals surface area contributed by atoms with Crippen LogP contribution in [-0.2, 0) is 14.3 Å². The molecule has 1 rings (SSSR count). The molecule has 0 radical (unpaired) electrons. The van der Waals surface area contributed by atoms with Crippen LogP contribution in [0.5, 0.6) is 0 Å². The summed E-state index contributed by atoms with van der Waals surface area (Å²) < 4.78 is 18.1. The molecule has 1 aromatic carbocycles. The van der Waals surface area contributed by atoms with E-state index in [9.17, 15) is 14.0 Å². The Labute approximate surface area is 122 Å². The molecule has 1 N–H and O–H groups in total. The van der Waals surface area contributed by atoms with Crippen molar-refractivity contribution in [2.24, 2.45) is 0 Å². The molecule has 0 unspecified atom stereocenters. The number of nitrogens with one attached hydrogen (secondary N) is 1. The molecule has 6 heteroatoms. The maximum absolute atomic E-state index is 13.4. The highest BCUT2D eigenvalue weighted by molar-refractivity contribution is 8.01. The molecule has 0 fully saturated rings. The minimum Gasteiger partial charge on any atom is -0.465 e. The van der Waals surface area contributed by atoms with Gasteiger partial charge in [-0.05, 0) is 38.5 Å². The summed E-state index contributed by atoms with van der Waals surface area (Å²) in [5.41, 5.74) is 0.925. The summed E-state index contributed by atoms with van der Waals surface area (Å²) in [5.74, 6) is -0.874. The number of hydrogen-bond acceptors (Lipinski definition) is 4. The number of anilines is 1. The third kappa shape index (κ3) is 5.21. The van der Waals surface area contributed by atoms with Crippen LogP contribution in [0.15, 0.2) is 18.2 Å². The van der Waals surface area contributed by atoms with Gasteiger partial charge in [-0.2, -0.15) is 0 Å². The second kappa shape index (κ2) is 7.89. The van der Waals surface area contributed by atoms with E-state index in [0.29, 0.717) is 17.9 Å². The van der Waals surface area contributed by atoms with Gasteiger partial charge < -0.3 is 10.1 Å². The van der Waals surface area contributed by atoms with Crippen LogP contribution in [0.2, 0.25) is 0 Å². The standard InChI is InChI=1S/C14H18FNO3S/c1-4-19-13(17)8-20-10(3)14(18)16-11-6-5-9(2)12(15)7-11/h5-7,10H,4,8H2,1-3H3,(H,16,18)/t10-/m1/s1. The first kappa shape index (κ1) is 16.5. The monoisotopic (exact) mass is 299 g/mol. The van der Waals surface area contributed by atoms with E-state index >= 15 is 0 Å². The van der Waals surface area contributed by atoms with Gasteiger partial charge in [0.05, 0.1) is 17.6 Å². The van der Waals surface area contributed by atoms with E-state index in [4.69, 9.17) is 4.74 Å². The number of ether oxygens (including phenoxy) is 1. The van der Waals surface area contributed by atoms with Gasteiger partial charge in [-0.1, -0.05) is 6.07 Å². The molecule has 0 saturated heterocycles. The Bertz CT molecular complexity index is 493. The van der Waals surface area contributed by atoms with Crippen LogP contribution < -0.4 is 5.32 Å². The van der Waals surface area contributed by atoms with Gasteiger partial charge in [0.25, 0.3) is 0 Å². The van der Waals surface area contributed by atoms with Crippen molar-refractivity contribution in [3.63, 3.8) is 0 Å². The fourth-order valence-electron chi connectivity index (χ4n) is 1.39. The minimum atomic E-state index is -0.427. The third-order valence-electron chi connectivity index (χ3n) is 2.57. The predicted octanol–water partition coefficient (Wildman–Crippen LogP) is 2.76. The van der Waals surface area contributed by atoms with Crippen LogP contribution in [-0.4, -0.2) is 29.5 Å². The zero-order valence-electron chi connectivity index (χ0n) is 11.7. The van der Waals surface area contributed by atoms with Gasteiger partial charge in [0.15, 0.2) is 0 Å². The second-order valence-corrected chi connectivity index (χ2v) is 5.54. The first-order valence-corrected chi connectivity index (χ1v) is 7.33. The summed E-state index contributed by atoms with van der Waals surface area (Å²) in [6, 6.07) is 4.51. The molecule has 0 saturated carbocycles. The summed E-state index contributed by atoms with van der Waals surface area (Å²) in [5, 5.41) is 2.19. The molecule has 0 aliphatic rings. The average Bonchev–Trinajstić information content (AvgIpc) is 2.40. The molecule has 1 aromatic rings. The quantitative estimate of drug-likeness (QED) is 0.821. The predicted molar refractivity (Wildman–Crippen MR) is 78.3 cm³/mol. The topological polar surface area (TPSA) is 55.4 Å². The molecule has 0 spiro atoms. The van der Waals surface area contributed by atoms with E-state index in [0.717, 1.165) is 0 Å². The van der Waals surface area contributed by atoms with Crippen LogP contribution in [0.3, 0.4) is 0 Å². The number of benzene rings is 1. The van der Waals surface area contributed by atoms with Crippen molar-refractivity contribution in [3.05, 3.63) is 29.6 Å². The highest BCUT2D eigenvalue weighted by Gasteiger charge is 2.16. The highest BCUT2D eigenvalue weighted by Crippen LogP contribution is 2.17. The first-order chi connectivity index (χ1) is 9.43. The molecule has 1 amide bonds. The molecule has 4 nitrogen and oxygen atoms in total. The normalized spacial score (nSPS) is 11.8. The number of rotatable bonds is 6. The van der Waals surface area contributed by atoms with Crippen LogP contribution in [0.1, 0.15) is 19.4 Å². The van der Waals surface area contributed by atoms with Gasteiger partial charge in [-0.15, -0.1) is 11.8 Å². The second-order valence-electron chi connectivity index (χ2n) is 4.21. The van der Waals surface area contributed by atoms with E-state index in [2.05, 4.69) is 5.32 Å². The molecule has 0 aliphatic heterocycles. The van der Waals surface area contributed by atoms with E-state index in [1.54, 1.807) is 32.9 Å². The van der Waals surface area contributed by atoms with Crippen molar-refractivity contribution in [3.8, 4) is 0 Å². The van der Waals surface area contributed by atoms with E-state index in [-0.39, 0.29) is 23.4 Å². The molecule has 20 heavy (non-hydrogen) atoms. The number of carbonyl (C=O) groups excluding carboxylic acids is 2. The maximum atomic E-state index is 13.4. The lowest BCUT2D eigenvalue weighted by molar-refractivity contribution is -0.139. The number of thioether (sulfide) groups is 1. The lowest BCUT2D eigenvalue weighted by Crippen LogP contribution is -2.24. The van der Waals surface area contributed by atoms with Gasteiger partial charge in [0.2, 0.25) is 5.91 Å². The molecule has 110 valence electrons. The van der Waals surface area contributed by atoms with Gasteiger partial charge in [-0.3, -0.25) is 9.59 Å². The van der Waals surface area contributed by atoms with Crippen LogP contribution in [0.25, 0.3) is 0 Å². The summed E-state index contributed by atoms with van der Waals surface area (Å²) in [7, 11) is 0. The lowest BCUT2D eigenvalue weighted by Gasteiger charge is -2.12. The number of hydrogen-bond donors (Lipinski definition) is 1. The van der Waals surface area contributed by atoms with Crippen molar-refractivity contribution >= 4 is 29.3 Å². The summed E-state index contributed by atoms with van der Waals surface area (Å²) in [4.78, 5) is 23.1. The highest BCUT2D eigenvalue weighted by atomic mass is 32.2. The van der Waals surface area contributed by atoms with Gasteiger partial charge in [0, 0.05) is 5.69 Å². The SMILES string of the molecule is CCOC(=O)CS[C@H](C)C(=O)Nc1ccc(C)c(F)c1. The Kier molecular flexibility index (Phi) is 6.51. The van der Waals surface area contributed by atoms with E-state index < -0.39 is 5.25 Å². The average molecular weight is 299 g/mol. The zero-order chi connectivity index (χ0) is 15.1. The van der Waals surface area contributed by atoms with Crippen molar-refractivity contribution in [2.75, 3.05) is 17.7 Å². The van der Waals surface area contributed by atoms with E-state index in [1.807, 2.05) is 0 Å². The van der Waals surface area contributed by atoms with Crippen molar-refractivity contribution < 1.29 is 18.7 Å². The number of aryl methyl sites for hydroxylation is 1. The zero-order valence-corrected chi connectivity index (χ0v) is 12.6. The number of halogens is 1. The summed E-state index contributed by atoms with van der Waals surface area (Å²) >= 11 is 1.18. The Balaban J connectivity index is 2.48. The largest absolute Gasteiger partial charge is 0.465 e. The van der Waals surface area contributed by atoms with Crippen LogP contribution >= 0.6 is 11.8 Å². The fourth-order valence-corrected chi connectivity index (χ4v) is 2.07. The Morgan fingerprint density at radius 3 is 2.75 bits per heavy atom. The molecule has 0 aliphatic carbocycles. The summed E-state index contributed by atoms with van der Waals surface area (Å²) in [6.45, 7) is 5.38. The number of carbonyl (C=O) groups is 2. The molecule has 0 heterocycles. The van der Waals surface area contributed by atoms with E-state index in [1.165, 1.54) is 17.8 Å². The first-order valence-electron chi connectivity index (χ1n) is 6.28. The van der Waals surface area contributed by atoms with Crippen molar-refractivity contribution in [1.82, 2.24) is 0 Å². The number of esters is 1. The smallest absolute Gasteiger partial charge is 0.315 e.